The van der Waals surface area contributed by atoms with Gasteiger partial charge in [-0.3, -0.25) is 9.59 Å². The van der Waals surface area contributed by atoms with E-state index in [1.165, 1.54) is 6.21 Å². The molecule has 0 spiro atoms. The van der Waals surface area contributed by atoms with E-state index < -0.39 is 0 Å². The maximum absolute atomic E-state index is 13.1. The fraction of sp³-hybridized carbons (Fsp3) is 0.346. The first kappa shape index (κ1) is 22.0. The van der Waals surface area contributed by atoms with E-state index in [1.807, 2.05) is 30.3 Å². The number of halogens is 2. The second kappa shape index (κ2) is 8.34. The first-order chi connectivity index (χ1) is 16.5. The Kier molecular flexibility index (Phi) is 5.41. The van der Waals surface area contributed by atoms with Crippen LogP contribution < -0.4 is 9.47 Å². The Morgan fingerprint density at radius 3 is 2.29 bits per heavy atom. The van der Waals surface area contributed by atoms with E-state index >= 15 is 0 Å². The van der Waals surface area contributed by atoms with Gasteiger partial charge in [-0.25, -0.2) is 0 Å². The Labute approximate surface area is 214 Å². The predicted molar refractivity (Wildman–Crippen MR) is 133 cm³/mol. The first-order valence-electron chi connectivity index (χ1n) is 11.3. The Balaban J connectivity index is 1.20. The van der Waals surface area contributed by atoms with Crippen LogP contribution in [0.3, 0.4) is 0 Å². The Morgan fingerprint density at radius 2 is 1.68 bits per heavy atom. The molecule has 6 atom stereocenters. The van der Waals surface area contributed by atoms with Crippen LogP contribution in [-0.2, 0) is 16.2 Å². The average molecular weight is 586 g/mol. The summed E-state index contributed by atoms with van der Waals surface area (Å²) in [5, 5.41) is 5.41. The predicted octanol–water partition coefficient (Wildman–Crippen LogP) is 5.19. The molecule has 2 aromatic carbocycles. The maximum Gasteiger partial charge on any atom is 0.254 e. The SMILES string of the molecule is COc1cc(/C=N\N2C(=O)[C@@H]3[C@H]4C=C[C@@H]([C@@H]5C[C@@H]45)[C@@H]3C2=O)cc(Br)c1OCc1ccc(Br)cc1. The third kappa shape index (κ3) is 3.53. The van der Waals surface area contributed by atoms with Crippen molar-refractivity contribution in [1.29, 1.82) is 0 Å². The molecule has 0 aromatic heterocycles. The van der Waals surface area contributed by atoms with E-state index in [0.717, 1.165) is 21.5 Å². The van der Waals surface area contributed by atoms with E-state index in [1.54, 1.807) is 13.2 Å². The second-order valence-corrected chi connectivity index (χ2v) is 11.1. The zero-order valence-corrected chi connectivity index (χ0v) is 21.5. The molecule has 4 aliphatic carbocycles. The molecule has 34 heavy (non-hydrogen) atoms. The van der Waals surface area contributed by atoms with E-state index in [2.05, 4.69) is 49.1 Å². The highest BCUT2D eigenvalue weighted by Gasteiger charge is 2.67. The summed E-state index contributed by atoms with van der Waals surface area (Å²) in [6.45, 7) is 0.383. The lowest BCUT2D eigenvalue weighted by atomic mass is 9.63. The van der Waals surface area contributed by atoms with Gasteiger partial charge in [0.1, 0.15) is 6.61 Å². The van der Waals surface area contributed by atoms with Crippen molar-refractivity contribution >= 4 is 49.9 Å². The van der Waals surface area contributed by atoms with Crippen molar-refractivity contribution in [2.24, 2.45) is 40.6 Å². The minimum absolute atomic E-state index is 0.170. The molecular weight excluding hydrogens is 564 g/mol. The lowest BCUT2D eigenvalue weighted by Gasteiger charge is -2.37. The molecule has 0 radical (unpaired) electrons. The van der Waals surface area contributed by atoms with Gasteiger partial charge in [0.05, 0.1) is 29.6 Å². The molecule has 0 unspecified atom stereocenters. The van der Waals surface area contributed by atoms with Gasteiger partial charge in [-0.15, -0.1) is 0 Å². The zero-order valence-electron chi connectivity index (χ0n) is 18.4. The highest BCUT2D eigenvalue weighted by molar-refractivity contribution is 9.10. The molecule has 2 aromatic rings. The number of hydrogen-bond acceptors (Lipinski definition) is 5. The Hall–Kier alpha value is -2.45. The molecule has 2 bridgehead atoms. The number of hydrazone groups is 1. The van der Waals surface area contributed by atoms with Crippen LogP contribution in [0.1, 0.15) is 17.5 Å². The van der Waals surface area contributed by atoms with Crippen LogP contribution in [0.15, 0.2) is 62.6 Å². The van der Waals surface area contributed by atoms with Crippen molar-refractivity contribution in [3.8, 4) is 11.5 Å². The topological polar surface area (TPSA) is 68.2 Å². The van der Waals surface area contributed by atoms with Crippen molar-refractivity contribution in [2.45, 2.75) is 13.0 Å². The van der Waals surface area contributed by atoms with E-state index in [4.69, 9.17) is 9.47 Å². The third-order valence-corrected chi connectivity index (χ3v) is 8.63. The number of nitrogens with zero attached hydrogens (tertiary/aromatic N) is 2. The number of hydrogen-bond donors (Lipinski definition) is 0. The maximum atomic E-state index is 13.1. The largest absolute Gasteiger partial charge is 0.493 e. The van der Waals surface area contributed by atoms with Crippen LogP contribution in [0.5, 0.6) is 11.5 Å². The molecule has 1 saturated heterocycles. The van der Waals surface area contributed by atoms with Gasteiger partial charge in [0.2, 0.25) is 0 Å². The van der Waals surface area contributed by atoms with Gasteiger partial charge in [-0.1, -0.05) is 40.2 Å². The Bertz CT molecular complexity index is 1210. The van der Waals surface area contributed by atoms with Gasteiger partial charge in [0.15, 0.2) is 11.5 Å². The number of carbonyl (C=O) groups is 2. The molecule has 0 N–H and O–H groups in total. The molecular formula is C26H22Br2N2O4. The van der Waals surface area contributed by atoms with Crippen molar-refractivity contribution in [3.05, 3.63) is 68.6 Å². The number of methoxy groups -OCH3 is 1. The van der Waals surface area contributed by atoms with Crippen LogP contribution in [0.2, 0.25) is 0 Å². The number of benzene rings is 2. The van der Waals surface area contributed by atoms with Crippen molar-refractivity contribution in [1.82, 2.24) is 5.01 Å². The molecule has 1 aliphatic heterocycles. The summed E-state index contributed by atoms with van der Waals surface area (Å²) in [4.78, 5) is 26.2. The minimum Gasteiger partial charge on any atom is -0.493 e. The molecule has 2 saturated carbocycles. The highest BCUT2D eigenvalue weighted by atomic mass is 79.9. The fourth-order valence-electron chi connectivity index (χ4n) is 5.87. The third-order valence-electron chi connectivity index (χ3n) is 7.51. The van der Waals surface area contributed by atoms with Crippen LogP contribution in [0, 0.1) is 35.5 Å². The van der Waals surface area contributed by atoms with E-state index in [0.29, 0.717) is 40.0 Å². The number of rotatable bonds is 6. The summed E-state index contributed by atoms with van der Waals surface area (Å²) < 4.78 is 13.2. The standard InChI is InChI=1S/C26H22Br2N2O4/c1-33-21-9-14(8-20(28)24(21)34-12-13-2-4-15(27)5-3-13)11-29-30-25(31)22-16-6-7-17(19-10-18(16)19)23(22)26(30)32/h2-9,11,16-19,22-23H,10,12H2,1H3/b29-11-/t16-,17-,18-,19-,22-,23+/m0/s1. The summed E-state index contributed by atoms with van der Waals surface area (Å²) in [5.41, 5.74) is 1.72. The molecule has 5 aliphatic rings. The molecule has 3 fully saturated rings. The minimum atomic E-state index is -0.251. The fourth-order valence-corrected chi connectivity index (χ4v) is 6.71. The van der Waals surface area contributed by atoms with E-state index in [9.17, 15) is 9.59 Å². The van der Waals surface area contributed by atoms with E-state index in [-0.39, 0.29) is 35.5 Å². The van der Waals surface area contributed by atoms with Crippen LogP contribution >= 0.6 is 31.9 Å². The highest BCUT2D eigenvalue weighted by Crippen LogP contribution is 2.65. The van der Waals surface area contributed by atoms with Crippen LogP contribution in [0.25, 0.3) is 0 Å². The van der Waals surface area contributed by atoms with Gasteiger partial charge >= 0.3 is 0 Å². The van der Waals surface area contributed by atoms with Gasteiger partial charge < -0.3 is 9.47 Å². The van der Waals surface area contributed by atoms with Gasteiger partial charge in [-0.05, 0) is 81.4 Å². The average Bonchev–Trinajstić information content (AvgIpc) is 3.62. The van der Waals surface area contributed by atoms with Crippen LogP contribution in [-0.4, -0.2) is 30.1 Å². The molecule has 1 heterocycles. The summed E-state index contributed by atoms with van der Waals surface area (Å²) in [7, 11) is 1.57. The number of allylic oxidation sites excluding steroid dienone is 2. The lowest BCUT2D eigenvalue weighted by molar-refractivity contribution is -0.140. The summed E-state index contributed by atoms with van der Waals surface area (Å²) in [6.07, 6.45) is 7.00. The molecule has 8 heteroatoms. The smallest absolute Gasteiger partial charge is 0.254 e. The van der Waals surface area contributed by atoms with Gasteiger partial charge in [-0.2, -0.15) is 10.1 Å². The monoisotopic (exact) mass is 584 g/mol. The summed E-state index contributed by atoms with van der Waals surface area (Å²) in [5.74, 6) is 1.78. The number of carbonyl (C=O) groups excluding carboxylic acids is 2. The lowest BCUT2D eigenvalue weighted by Crippen LogP contribution is -2.40. The van der Waals surface area contributed by atoms with Gasteiger partial charge in [0.25, 0.3) is 11.8 Å². The molecule has 174 valence electrons. The van der Waals surface area contributed by atoms with Crippen molar-refractivity contribution < 1.29 is 19.1 Å². The van der Waals surface area contributed by atoms with Crippen LogP contribution in [0.4, 0.5) is 0 Å². The van der Waals surface area contributed by atoms with Crippen molar-refractivity contribution in [2.75, 3.05) is 7.11 Å². The molecule has 2 amide bonds. The number of amides is 2. The number of ether oxygens (including phenoxy) is 2. The van der Waals surface area contributed by atoms with Crippen molar-refractivity contribution in [3.63, 3.8) is 0 Å². The Morgan fingerprint density at radius 1 is 1.03 bits per heavy atom. The molecule has 6 nitrogen and oxygen atoms in total. The zero-order chi connectivity index (χ0) is 23.6. The first-order valence-corrected chi connectivity index (χ1v) is 12.9. The summed E-state index contributed by atoms with van der Waals surface area (Å²) in [6, 6.07) is 11.5. The summed E-state index contributed by atoms with van der Waals surface area (Å²) >= 11 is 6.99. The van der Waals surface area contributed by atoms with Gasteiger partial charge in [0, 0.05) is 4.47 Å². The number of imide groups is 1. The quantitative estimate of drug-likeness (QED) is 0.266. The molecule has 7 rings (SSSR count). The second-order valence-electron chi connectivity index (χ2n) is 9.34. The normalized spacial score (nSPS) is 30.6.